The Bertz CT molecular complexity index is 841. The third kappa shape index (κ3) is 4.37. The van der Waals surface area contributed by atoms with Crippen molar-refractivity contribution in [2.24, 2.45) is 0 Å². The first-order valence-corrected chi connectivity index (χ1v) is 11.3. The molecule has 152 valence electrons. The molecule has 8 nitrogen and oxygen atoms in total. The maximum Gasteiger partial charge on any atom is 0.240 e. The number of carbonyl (C=O) groups excluding carboxylic acids is 2. The summed E-state index contributed by atoms with van der Waals surface area (Å²) in [6.45, 7) is 0.962. The third-order valence-electron chi connectivity index (χ3n) is 5.65. The molecule has 0 spiro atoms. The van der Waals surface area contributed by atoms with Crippen molar-refractivity contribution in [1.29, 1.82) is 0 Å². The summed E-state index contributed by atoms with van der Waals surface area (Å²) in [5.41, 5.74) is 0. The van der Waals surface area contributed by atoms with E-state index < -0.39 is 10.0 Å². The van der Waals surface area contributed by atoms with E-state index in [0.29, 0.717) is 38.4 Å². The zero-order valence-electron chi connectivity index (χ0n) is 15.6. The summed E-state index contributed by atoms with van der Waals surface area (Å²) in [7, 11) is -3.63. The largest absolute Gasteiger partial charge is 0.353 e. The molecule has 1 saturated carbocycles. The quantitative estimate of drug-likeness (QED) is 0.589. The van der Waals surface area contributed by atoms with E-state index in [2.05, 4.69) is 20.3 Å². The normalized spacial score (nSPS) is 27.9. The molecule has 28 heavy (non-hydrogen) atoms. The van der Waals surface area contributed by atoms with Gasteiger partial charge in [0.1, 0.15) is 0 Å². The van der Waals surface area contributed by atoms with Crippen LogP contribution in [0, 0.1) is 0 Å². The van der Waals surface area contributed by atoms with Crippen LogP contribution in [-0.2, 0) is 19.6 Å². The molecule has 0 radical (unpaired) electrons. The van der Waals surface area contributed by atoms with Gasteiger partial charge in [0, 0.05) is 37.6 Å². The Kier molecular flexibility index (Phi) is 5.39. The Morgan fingerprint density at radius 2 is 1.93 bits per heavy atom. The van der Waals surface area contributed by atoms with Crippen molar-refractivity contribution in [3.8, 4) is 0 Å². The zero-order chi connectivity index (χ0) is 19.7. The number of hydrogen-bond donors (Lipinski definition) is 3. The van der Waals surface area contributed by atoms with Crippen LogP contribution in [0.25, 0.3) is 0 Å². The minimum absolute atomic E-state index is 0.0406. The smallest absolute Gasteiger partial charge is 0.240 e. The van der Waals surface area contributed by atoms with Gasteiger partial charge in [-0.25, -0.2) is 13.1 Å². The van der Waals surface area contributed by atoms with Crippen LogP contribution >= 0.6 is 0 Å². The number of hydrogen-bond acceptors (Lipinski definition) is 5. The molecule has 0 bridgehead atoms. The topological polar surface area (TPSA) is 108 Å². The van der Waals surface area contributed by atoms with Crippen LogP contribution in [-0.4, -0.2) is 62.4 Å². The molecule has 1 aromatic carbocycles. The first-order valence-electron chi connectivity index (χ1n) is 9.82. The first kappa shape index (κ1) is 19.4. The Morgan fingerprint density at radius 3 is 2.64 bits per heavy atom. The standard InChI is InChI=1S/C19H26N4O4S/c24-18(21-13-6-7-13)9-8-15-11-20-19(25)17-10-14(12-23(15)17)22-28(26,27)16-4-2-1-3-5-16/h1-5,13-15,17,22H,6-12H2,(H,20,25)(H,21,24)/t14-,15-,17+/m1/s1. The molecular weight excluding hydrogens is 380 g/mol. The van der Waals surface area contributed by atoms with Gasteiger partial charge in [-0.05, 0) is 37.8 Å². The average molecular weight is 407 g/mol. The molecule has 2 heterocycles. The van der Waals surface area contributed by atoms with E-state index in [-0.39, 0.29) is 34.8 Å². The van der Waals surface area contributed by atoms with E-state index in [1.807, 2.05) is 0 Å². The lowest BCUT2D eigenvalue weighted by Crippen LogP contribution is -2.58. The van der Waals surface area contributed by atoms with E-state index in [1.54, 1.807) is 30.3 Å². The second-order valence-corrected chi connectivity index (χ2v) is 9.57. The number of nitrogens with one attached hydrogen (secondary N) is 3. The molecule has 0 unspecified atom stereocenters. The monoisotopic (exact) mass is 406 g/mol. The molecule has 1 aromatic rings. The van der Waals surface area contributed by atoms with Gasteiger partial charge in [-0.3, -0.25) is 14.5 Å². The molecule has 2 saturated heterocycles. The first-order chi connectivity index (χ1) is 13.4. The lowest BCUT2D eigenvalue weighted by atomic mass is 10.0. The van der Waals surface area contributed by atoms with E-state index in [9.17, 15) is 18.0 Å². The average Bonchev–Trinajstić information content (AvgIpc) is 3.38. The van der Waals surface area contributed by atoms with Gasteiger partial charge in [0.05, 0.1) is 10.9 Å². The van der Waals surface area contributed by atoms with Crippen LogP contribution in [0.2, 0.25) is 0 Å². The lowest BCUT2D eigenvalue weighted by Gasteiger charge is -2.37. The van der Waals surface area contributed by atoms with Gasteiger partial charge in [-0.15, -0.1) is 0 Å². The van der Waals surface area contributed by atoms with Gasteiger partial charge in [0.25, 0.3) is 0 Å². The van der Waals surface area contributed by atoms with Gasteiger partial charge in [-0.2, -0.15) is 0 Å². The van der Waals surface area contributed by atoms with Crippen LogP contribution in [0.4, 0.5) is 0 Å². The van der Waals surface area contributed by atoms with Crippen LogP contribution in [0.3, 0.4) is 0 Å². The number of carbonyl (C=O) groups is 2. The molecule has 2 aliphatic heterocycles. The highest BCUT2D eigenvalue weighted by Gasteiger charge is 2.44. The summed E-state index contributed by atoms with van der Waals surface area (Å²) in [4.78, 5) is 26.6. The molecule has 3 aliphatic rings. The SMILES string of the molecule is O=C(CC[C@@H]1CNC(=O)[C@@H]2C[C@@H](NS(=O)(=O)c3ccccc3)CN12)NC1CC1. The molecular formula is C19H26N4O4S. The van der Waals surface area contributed by atoms with E-state index in [1.165, 1.54) is 0 Å². The summed E-state index contributed by atoms with van der Waals surface area (Å²) in [5, 5.41) is 5.89. The van der Waals surface area contributed by atoms with Gasteiger partial charge in [0.2, 0.25) is 21.8 Å². The van der Waals surface area contributed by atoms with E-state index in [0.717, 1.165) is 12.8 Å². The van der Waals surface area contributed by atoms with Crippen molar-refractivity contribution in [3.05, 3.63) is 30.3 Å². The van der Waals surface area contributed by atoms with Crippen molar-refractivity contribution in [2.75, 3.05) is 13.1 Å². The van der Waals surface area contributed by atoms with Crippen molar-refractivity contribution in [3.63, 3.8) is 0 Å². The van der Waals surface area contributed by atoms with Crippen LogP contribution < -0.4 is 15.4 Å². The number of sulfonamides is 1. The molecule has 1 aliphatic carbocycles. The predicted molar refractivity (Wildman–Crippen MR) is 103 cm³/mol. The number of amides is 2. The highest BCUT2D eigenvalue weighted by Crippen LogP contribution is 2.27. The number of benzene rings is 1. The second kappa shape index (κ2) is 7.81. The summed E-state index contributed by atoms with van der Waals surface area (Å²) < 4.78 is 27.9. The summed E-state index contributed by atoms with van der Waals surface area (Å²) >= 11 is 0. The highest BCUT2D eigenvalue weighted by atomic mass is 32.2. The van der Waals surface area contributed by atoms with Crippen LogP contribution in [0.1, 0.15) is 32.1 Å². The van der Waals surface area contributed by atoms with Crippen molar-refractivity contribution < 1.29 is 18.0 Å². The highest BCUT2D eigenvalue weighted by molar-refractivity contribution is 7.89. The summed E-state index contributed by atoms with van der Waals surface area (Å²) in [5.74, 6) is -0.0171. The van der Waals surface area contributed by atoms with Gasteiger partial charge < -0.3 is 10.6 Å². The van der Waals surface area contributed by atoms with Gasteiger partial charge >= 0.3 is 0 Å². The maximum absolute atomic E-state index is 12.6. The fourth-order valence-corrected chi connectivity index (χ4v) is 5.30. The molecule has 0 aromatic heterocycles. The third-order valence-corrected chi connectivity index (χ3v) is 7.18. The van der Waals surface area contributed by atoms with E-state index >= 15 is 0 Å². The summed E-state index contributed by atoms with van der Waals surface area (Å²) in [6, 6.07) is 7.94. The minimum atomic E-state index is -3.63. The maximum atomic E-state index is 12.6. The van der Waals surface area contributed by atoms with Crippen molar-refractivity contribution in [1.82, 2.24) is 20.3 Å². The Hall–Kier alpha value is -1.97. The minimum Gasteiger partial charge on any atom is -0.353 e. The molecule has 3 atom stereocenters. The Morgan fingerprint density at radius 1 is 1.18 bits per heavy atom. The lowest BCUT2D eigenvalue weighted by molar-refractivity contribution is -0.129. The fraction of sp³-hybridized carbons (Fsp3) is 0.579. The predicted octanol–water partition coefficient (Wildman–Crippen LogP) is -0.0350. The molecule has 3 fully saturated rings. The van der Waals surface area contributed by atoms with E-state index in [4.69, 9.17) is 0 Å². The van der Waals surface area contributed by atoms with Gasteiger partial charge in [0.15, 0.2) is 0 Å². The molecule has 4 rings (SSSR count). The number of fused-ring (bicyclic) bond motifs is 1. The Labute approximate surface area is 165 Å². The fourth-order valence-electron chi connectivity index (χ4n) is 4.04. The molecule has 3 N–H and O–H groups in total. The van der Waals surface area contributed by atoms with Crippen LogP contribution in [0.15, 0.2) is 35.2 Å². The molecule has 9 heteroatoms. The van der Waals surface area contributed by atoms with Crippen molar-refractivity contribution >= 4 is 21.8 Å². The number of nitrogens with zero attached hydrogens (tertiary/aromatic N) is 1. The van der Waals surface area contributed by atoms with Gasteiger partial charge in [-0.1, -0.05) is 18.2 Å². The second-order valence-electron chi connectivity index (χ2n) is 7.86. The number of rotatable bonds is 7. The van der Waals surface area contributed by atoms with Crippen molar-refractivity contribution in [2.45, 2.75) is 61.2 Å². The Balaban J connectivity index is 1.38. The summed E-state index contributed by atoms with van der Waals surface area (Å²) in [6.07, 6.45) is 3.61. The zero-order valence-corrected chi connectivity index (χ0v) is 16.5. The van der Waals surface area contributed by atoms with Crippen LogP contribution in [0.5, 0.6) is 0 Å². The number of piperazine rings is 1. The molecule has 2 amide bonds.